The summed E-state index contributed by atoms with van der Waals surface area (Å²) in [4.78, 5) is 0. The topological polar surface area (TPSA) is 45.0 Å². The maximum atomic E-state index is 9.26. The van der Waals surface area contributed by atoms with Gasteiger partial charge in [0.1, 0.15) is 5.75 Å². The first-order chi connectivity index (χ1) is 8.58. The van der Waals surface area contributed by atoms with Crippen LogP contribution in [0.2, 0.25) is 0 Å². The quantitative estimate of drug-likeness (QED) is 0.868. The van der Waals surface area contributed by atoms with E-state index in [-0.39, 0.29) is 12.0 Å². The average Bonchev–Trinajstić information content (AvgIpc) is 2.35. The van der Waals surface area contributed by atoms with Crippen LogP contribution in [0.25, 0.3) is 0 Å². The summed E-state index contributed by atoms with van der Waals surface area (Å²) in [6.07, 6.45) is 0.818. The minimum atomic E-state index is -0.0508. The lowest BCUT2D eigenvalue weighted by atomic mass is 9.89. The zero-order valence-electron chi connectivity index (χ0n) is 11.9. The van der Waals surface area contributed by atoms with E-state index in [0.717, 1.165) is 23.3 Å². The lowest BCUT2D eigenvalue weighted by Crippen LogP contribution is -2.25. The molecule has 0 aliphatic heterocycles. The predicted octanol–water partition coefficient (Wildman–Crippen LogP) is 3.12. The maximum Gasteiger partial charge on any atom is 0.126 e. The summed E-state index contributed by atoms with van der Waals surface area (Å²) < 4.78 is 5.50. The zero-order valence-corrected chi connectivity index (χ0v) is 11.9. The number of aryl methyl sites for hydroxylation is 2. The molecule has 2 unspecified atom stereocenters. The van der Waals surface area contributed by atoms with Crippen LogP contribution in [0.5, 0.6) is 5.75 Å². The third-order valence-electron chi connectivity index (χ3n) is 3.31. The fourth-order valence-corrected chi connectivity index (χ4v) is 2.47. The molecule has 3 heteroatoms. The van der Waals surface area contributed by atoms with Crippen LogP contribution in [0.15, 0.2) is 12.1 Å². The van der Waals surface area contributed by atoms with E-state index in [1.165, 1.54) is 5.56 Å². The van der Waals surface area contributed by atoms with Crippen LogP contribution < -0.4 is 10.1 Å². The highest BCUT2D eigenvalue weighted by atomic mass is 16.5. The average molecular weight is 246 g/mol. The van der Waals surface area contributed by atoms with Gasteiger partial charge >= 0.3 is 0 Å². The molecule has 0 amide bonds. The number of nitriles is 1. The van der Waals surface area contributed by atoms with Gasteiger partial charge in [0.05, 0.1) is 25.1 Å². The number of hydrogen-bond acceptors (Lipinski definition) is 3. The van der Waals surface area contributed by atoms with Crippen molar-refractivity contribution in [2.75, 3.05) is 14.2 Å². The molecule has 0 heterocycles. The Morgan fingerprint density at radius 3 is 2.50 bits per heavy atom. The lowest BCUT2D eigenvalue weighted by Gasteiger charge is -2.24. The van der Waals surface area contributed by atoms with Crippen LogP contribution in [-0.4, -0.2) is 14.2 Å². The van der Waals surface area contributed by atoms with Gasteiger partial charge in [-0.3, -0.25) is 0 Å². The summed E-state index contributed by atoms with van der Waals surface area (Å²) in [6, 6.07) is 6.59. The van der Waals surface area contributed by atoms with Gasteiger partial charge in [-0.1, -0.05) is 24.6 Å². The van der Waals surface area contributed by atoms with E-state index in [4.69, 9.17) is 4.74 Å². The Labute approximate surface area is 110 Å². The summed E-state index contributed by atoms with van der Waals surface area (Å²) in [5.41, 5.74) is 3.38. The molecule has 0 aliphatic rings. The SMILES string of the molecule is CCC(C#N)C(NC)c1cc(C)cc(C)c1OC. The predicted molar refractivity (Wildman–Crippen MR) is 73.7 cm³/mol. The molecule has 0 saturated carbocycles. The number of benzene rings is 1. The Hall–Kier alpha value is -1.53. The summed E-state index contributed by atoms with van der Waals surface area (Å²) in [6.45, 7) is 6.14. The van der Waals surface area contributed by atoms with Gasteiger partial charge in [0.25, 0.3) is 0 Å². The minimum Gasteiger partial charge on any atom is -0.496 e. The first kappa shape index (κ1) is 14.5. The van der Waals surface area contributed by atoms with Crippen molar-refractivity contribution in [2.45, 2.75) is 33.2 Å². The second kappa shape index (κ2) is 6.42. The highest BCUT2D eigenvalue weighted by Crippen LogP contribution is 2.34. The van der Waals surface area contributed by atoms with E-state index < -0.39 is 0 Å². The molecule has 2 atom stereocenters. The van der Waals surface area contributed by atoms with E-state index in [1.54, 1.807) is 7.11 Å². The Kier molecular flexibility index (Phi) is 5.18. The fraction of sp³-hybridized carbons (Fsp3) is 0.533. The number of nitrogens with zero attached hydrogens (tertiary/aromatic N) is 1. The van der Waals surface area contributed by atoms with Crippen LogP contribution in [0.4, 0.5) is 0 Å². The normalized spacial score (nSPS) is 13.8. The first-order valence-electron chi connectivity index (χ1n) is 6.31. The third-order valence-corrected chi connectivity index (χ3v) is 3.31. The Morgan fingerprint density at radius 1 is 1.39 bits per heavy atom. The Morgan fingerprint density at radius 2 is 2.06 bits per heavy atom. The van der Waals surface area contributed by atoms with Crippen molar-refractivity contribution in [1.82, 2.24) is 5.32 Å². The van der Waals surface area contributed by atoms with Crippen molar-refractivity contribution in [2.24, 2.45) is 5.92 Å². The van der Waals surface area contributed by atoms with E-state index >= 15 is 0 Å². The largest absolute Gasteiger partial charge is 0.496 e. The molecule has 0 radical (unpaired) electrons. The van der Waals surface area contributed by atoms with Crippen molar-refractivity contribution >= 4 is 0 Å². The standard InChI is InChI=1S/C15H22N2O/c1-6-12(9-16)14(17-4)13-8-10(2)7-11(3)15(13)18-5/h7-8,12,14,17H,6H2,1-5H3. The van der Waals surface area contributed by atoms with Gasteiger partial charge in [-0.2, -0.15) is 5.26 Å². The summed E-state index contributed by atoms with van der Waals surface area (Å²) in [7, 11) is 3.57. The molecular weight excluding hydrogens is 224 g/mol. The zero-order chi connectivity index (χ0) is 13.7. The molecule has 0 saturated heterocycles. The molecule has 1 aromatic rings. The molecule has 18 heavy (non-hydrogen) atoms. The van der Waals surface area contributed by atoms with Crippen LogP contribution in [-0.2, 0) is 0 Å². The van der Waals surface area contributed by atoms with Crippen LogP contribution >= 0.6 is 0 Å². The third kappa shape index (κ3) is 2.83. The summed E-state index contributed by atoms with van der Waals surface area (Å²) in [5, 5.41) is 12.5. The second-order valence-corrected chi connectivity index (χ2v) is 4.61. The van der Waals surface area contributed by atoms with Gasteiger partial charge in [0, 0.05) is 5.56 Å². The van der Waals surface area contributed by atoms with Crippen molar-refractivity contribution < 1.29 is 4.74 Å². The second-order valence-electron chi connectivity index (χ2n) is 4.61. The van der Waals surface area contributed by atoms with Crippen molar-refractivity contribution in [1.29, 1.82) is 5.26 Å². The van der Waals surface area contributed by atoms with E-state index in [9.17, 15) is 5.26 Å². The summed E-state index contributed by atoms with van der Waals surface area (Å²) in [5.74, 6) is 0.832. The van der Waals surface area contributed by atoms with E-state index in [1.807, 2.05) is 20.9 Å². The van der Waals surface area contributed by atoms with Crippen molar-refractivity contribution in [3.8, 4) is 11.8 Å². The first-order valence-corrected chi connectivity index (χ1v) is 6.31. The monoisotopic (exact) mass is 246 g/mol. The molecule has 98 valence electrons. The van der Waals surface area contributed by atoms with Gasteiger partial charge in [-0.25, -0.2) is 0 Å². The number of methoxy groups -OCH3 is 1. The molecule has 1 aromatic carbocycles. The lowest BCUT2D eigenvalue weighted by molar-refractivity contribution is 0.381. The van der Waals surface area contributed by atoms with Gasteiger partial charge < -0.3 is 10.1 Å². The molecule has 0 aromatic heterocycles. The molecule has 3 nitrogen and oxygen atoms in total. The van der Waals surface area contributed by atoms with Gasteiger partial charge in [-0.05, 0) is 32.9 Å². The van der Waals surface area contributed by atoms with Crippen LogP contribution in [0.1, 0.15) is 36.1 Å². The molecule has 1 rings (SSSR count). The van der Waals surface area contributed by atoms with Gasteiger partial charge in [0.2, 0.25) is 0 Å². The van der Waals surface area contributed by atoms with Crippen molar-refractivity contribution in [3.05, 3.63) is 28.8 Å². The highest BCUT2D eigenvalue weighted by Gasteiger charge is 2.24. The van der Waals surface area contributed by atoms with Crippen LogP contribution in [0, 0.1) is 31.1 Å². The number of hydrogen-bond donors (Lipinski definition) is 1. The maximum absolute atomic E-state index is 9.26. The minimum absolute atomic E-state index is 0.00792. The van der Waals surface area contributed by atoms with Gasteiger partial charge in [0.15, 0.2) is 0 Å². The smallest absolute Gasteiger partial charge is 0.126 e. The molecule has 1 N–H and O–H groups in total. The molecular formula is C15H22N2O. The molecule has 0 fully saturated rings. The molecule has 0 aliphatic carbocycles. The number of nitrogens with one attached hydrogen (secondary N) is 1. The Bertz CT molecular complexity index is 449. The number of ether oxygens (including phenoxy) is 1. The molecule has 0 spiro atoms. The van der Waals surface area contributed by atoms with Crippen molar-refractivity contribution in [3.63, 3.8) is 0 Å². The molecule has 0 bridgehead atoms. The van der Waals surface area contributed by atoms with Crippen LogP contribution in [0.3, 0.4) is 0 Å². The highest BCUT2D eigenvalue weighted by molar-refractivity contribution is 5.46. The van der Waals surface area contributed by atoms with E-state index in [2.05, 4.69) is 30.4 Å². The van der Waals surface area contributed by atoms with Gasteiger partial charge in [-0.15, -0.1) is 0 Å². The fourth-order valence-electron chi connectivity index (χ4n) is 2.47. The van der Waals surface area contributed by atoms with E-state index in [0.29, 0.717) is 0 Å². The summed E-state index contributed by atoms with van der Waals surface area (Å²) >= 11 is 0. The Balaban J connectivity index is 3.32. The number of rotatable bonds is 5.